The number of aliphatic carboxylic acids is 1. The van der Waals surface area contributed by atoms with Gasteiger partial charge >= 0.3 is 11.6 Å². The first-order valence-electron chi connectivity index (χ1n) is 11.2. The summed E-state index contributed by atoms with van der Waals surface area (Å²) in [5.74, 6) is -1.39. The van der Waals surface area contributed by atoms with E-state index < -0.39 is 29.6 Å². The van der Waals surface area contributed by atoms with Gasteiger partial charge in [-0.3, -0.25) is 4.79 Å². The third-order valence-electron chi connectivity index (χ3n) is 6.04. The highest BCUT2D eigenvalue weighted by molar-refractivity contribution is 5.89. The summed E-state index contributed by atoms with van der Waals surface area (Å²) in [5, 5.41) is 23.5. The van der Waals surface area contributed by atoms with Crippen LogP contribution in [0.25, 0.3) is 21.9 Å². The molecule has 0 bridgehead atoms. The number of aromatic amines is 1. The molecule has 2 aromatic heterocycles. The van der Waals surface area contributed by atoms with E-state index in [4.69, 9.17) is 9.15 Å². The van der Waals surface area contributed by atoms with Gasteiger partial charge in [0.05, 0.1) is 0 Å². The number of carboxylic acid groups (broad SMARTS) is 1. The van der Waals surface area contributed by atoms with E-state index in [9.17, 15) is 24.6 Å². The Morgan fingerprint density at radius 3 is 2.63 bits per heavy atom. The lowest BCUT2D eigenvalue weighted by Crippen LogP contribution is -2.47. The van der Waals surface area contributed by atoms with E-state index >= 15 is 0 Å². The van der Waals surface area contributed by atoms with E-state index in [0.717, 1.165) is 16.5 Å². The van der Waals surface area contributed by atoms with Crippen LogP contribution in [-0.4, -0.2) is 39.2 Å². The molecule has 0 fully saturated rings. The Morgan fingerprint density at radius 2 is 1.91 bits per heavy atom. The molecular formula is C26H26N2O7. The molecule has 0 aliphatic rings. The summed E-state index contributed by atoms with van der Waals surface area (Å²) in [6.07, 6.45) is 1.31. The molecule has 0 aliphatic heterocycles. The van der Waals surface area contributed by atoms with Crippen LogP contribution in [0.3, 0.4) is 0 Å². The zero-order valence-corrected chi connectivity index (χ0v) is 19.5. The summed E-state index contributed by atoms with van der Waals surface area (Å²) in [6, 6.07) is 8.48. The van der Waals surface area contributed by atoms with Crippen LogP contribution >= 0.6 is 0 Å². The molecule has 4 N–H and O–H groups in total. The molecule has 0 saturated carbocycles. The number of nitrogens with one attached hydrogen (secondary N) is 2. The minimum Gasteiger partial charge on any atom is -0.508 e. The zero-order valence-electron chi connectivity index (χ0n) is 19.5. The number of aromatic hydroxyl groups is 1. The van der Waals surface area contributed by atoms with Gasteiger partial charge in [-0.2, -0.15) is 0 Å². The van der Waals surface area contributed by atoms with E-state index in [-0.39, 0.29) is 12.2 Å². The van der Waals surface area contributed by atoms with Crippen molar-refractivity contribution in [2.24, 2.45) is 0 Å². The normalized spacial score (nSPS) is 13.0. The largest absolute Gasteiger partial charge is 0.508 e. The number of carbonyl (C=O) groups excluding carboxylic acids is 1. The number of fused-ring (bicyclic) bond motifs is 2. The average Bonchev–Trinajstić information content (AvgIpc) is 3.21. The number of rotatable bonds is 8. The maximum atomic E-state index is 12.8. The molecule has 35 heavy (non-hydrogen) atoms. The number of benzene rings is 2. The Morgan fingerprint density at radius 1 is 1.14 bits per heavy atom. The molecule has 9 heteroatoms. The highest BCUT2D eigenvalue weighted by Gasteiger charge is 2.26. The van der Waals surface area contributed by atoms with E-state index in [2.05, 4.69) is 10.3 Å². The SMILES string of the molecule is CCc1cc(=O)oc2c(C)c(O[C@H](C)C(=O)N[C@@H](Cc3c[nH]c4ccc(O)cc34)C(=O)O)ccc12. The first-order valence-corrected chi connectivity index (χ1v) is 11.2. The fourth-order valence-electron chi connectivity index (χ4n) is 4.12. The smallest absolute Gasteiger partial charge is 0.336 e. The summed E-state index contributed by atoms with van der Waals surface area (Å²) in [7, 11) is 0. The van der Waals surface area contributed by atoms with Gasteiger partial charge in [0.1, 0.15) is 23.1 Å². The third kappa shape index (κ3) is 4.84. The lowest BCUT2D eigenvalue weighted by Gasteiger charge is -2.20. The van der Waals surface area contributed by atoms with Crippen molar-refractivity contribution in [1.29, 1.82) is 0 Å². The molecule has 4 rings (SSSR count). The first-order chi connectivity index (χ1) is 16.7. The van der Waals surface area contributed by atoms with Crippen LogP contribution in [0.4, 0.5) is 0 Å². The monoisotopic (exact) mass is 478 g/mol. The van der Waals surface area contributed by atoms with Crippen molar-refractivity contribution >= 4 is 33.7 Å². The fourth-order valence-corrected chi connectivity index (χ4v) is 4.12. The van der Waals surface area contributed by atoms with Gasteiger partial charge in [-0.25, -0.2) is 9.59 Å². The number of aromatic nitrogens is 1. The summed E-state index contributed by atoms with van der Waals surface area (Å²) in [4.78, 5) is 39.7. The highest BCUT2D eigenvalue weighted by atomic mass is 16.5. The first kappa shape index (κ1) is 23.9. The van der Waals surface area contributed by atoms with E-state index in [0.29, 0.717) is 34.3 Å². The summed E-state index contributed by atoms with van der Waals surface area (Å²) in [6.45, 7) is 5.19. The van der Waals surface area contributed by atoms with Crippen LogP contribution < -0.4 is 15.7 Å². The van der Waals surface area contributed by atoms with E-state index in [1.54, 1.807) is 37.4 Å². The Bertz CT molecular complexity index is 1480. The number of aryl methyl sites for hydroxylation is 2. The van der Waals surface area contributed by atoms with E-state index in [1.807, 2.05) is 6.92 Å². The Labute approximate surface area is 200 Å². The van der Waals surface area contributed by atoms with Gasteiger partial charge in [0.15, 0.2) is 6.10 Å². The number of carboxylic acids is 1. The number of H-pyrrole nitrogens is 1. The molecule has 1 amide bonds. The van der Waals surface area contributed by atoms with Gasteiger partial charge in [-0.15, -0.1) is 0 Å². The molecule has 0 spiro atoms. The second-order valence-corrected chi connectivity index (χ2v) is 8.42. The van der Waals surface area contributed by atoms with Crippen molar-refractivity contribution in [2.45, 2.75) is 45.8 Å². The molecule has 2 atom stereocenters. The Hall–Kier alpha value is -4.27. The summed E-state index contributed by atoms with van der Waals surface area (Å²) >= 11 is 0. The van der Waals surface area contributed by atoms with Crippen LogP contribution in [-0.2, 0) is 22.4 Å². The predicted octanol–water partition coefficient (Wildman–Crippen LogP) is 3.43. The molecule has 0 saturated heterocycles. The number of phenols is 1. The number of phenolic OH excluding ortho intramolecular Hbond substituents is 1. The van der Waals surface area contributed by atoms with Crippen molar-refractivity contribution in [2.75, 3.05) is 0 Å². The number of hydrogen-bond donors (Lipinski definition) is 4. The summed E-state index contributed by atoms with van der Waals surface area (Å²) < 4.78 is 11.2. The topological polar surface area (TPSA) is 142 Å². The number of hydrogen-bond acceptors (Lipinski definition) is 6. The van der Waals surface area contributed by atoms with Crippen LogP contribution in [0.15, 0.2) is 51.8 Å². The maximum Gasteiger partial charge on any atom is 0.336 e. The van der Waals surface area contributed by atoms with Crippen molar-refractivity contribution in [3.8, 4) is 11.5 Å². The van der Waals surface area contributed by atoms with Gasteiger partial charge in [-0.05, 0) is 61.7 Å². The standard InChI is InChI=1S/C26H26N2O7/c1-4-15-10-23(30)35-24-13(2)22(8-6-18(15)24)34-14(3)25(31)28-21(26(32)33)9-16-12-27-20-7-5-17(29)11-19(16)20/h5-8,10-12,14,21,27,29H,4,9H2,1-3H3,(H,28,31)(H,32,33)/t14-,21+/m1/s1. The molecular weight excluding hydrogens is 452 g/mol. The molecule has 4 aromatic rings. The van der Waals surface area contributed by atoms with Crippen molar-refractivity contribution in [3.05, 3.63) is 69.7 Å². The lowest BCUT2D eigenvalue weighted by molar-refractivity contribution is -0.142. The number of carbonyl (C=O) groups is 2. The summed E-state index contributed by atoms with van der Waals surface area (Å²) in [5.41, 5.74) is 2.74. The Balaban J connectivity index is 1.52. The zero-order chi connectivity index (χ0) is 25.3. The fraction of sp³-hybridized carbons (Fsp3) is 0.269. The molecule has 9 nitrogen and oxygen atoms in total. The second kappa shape index (κ2) is 9.54. The van der Waals surface area contributed by atoms with Crippen molar-refractivity contribution in [3.63, 3.8) is 0 Å². The van der Waals surface area contributed by atoms with Crippen LogP contribution in [0.5, 0.6) is 11.5 Å². The molecule has 2 heterocycles. The van der Waals surface area contributed by atoms with Crippen LogP contribution in [0.2, 0.25) is 0 Å². The number of ether oxygens (including phenoxy) is 1. The highest BCUT2D eigenvalue weighted by Crippen LogP contribution is 2.29. The molecule has 2 aromatic carbocycles. The Kier molecular flexibility index (Phi) is 6.50. The second-order valence-electron chi connectivity index (χ2n) is 8.42. The predicted molar refractivity (Wildman–Crippen MR) is 130 cm³/mol. The molecule has 182 valence electrons. The minimum absolute atomic E-state index is 0.0111. The van der Waals surface area contributed by atoms with Gasteiger partial charge in [0, 0.05) is 40.5 Å². The number of amides is 1. The van der Waals surface area contributed by atoms with Gasteiger partial charge < -0.3 is 29.7 Å². The lowest BCUT2D eigenvalue weighted by atomic mass is 10.0. The van der Waals surface area contributed by atoms with Crippen molar-refractivity contribution < 1.29 is 29.0 Å². The van der Waals surface area contributed by atoms with Gasteiger partial charge in [0.2, 0.25) is 0 Å². The maximum absolute atomic E-state index is 12.8. The van der Waals surface area contributed by atoms with Gasteiger partial charge in [0.25, 0.3) is 5.91 Å². The van der Waals surface area contributed by atoms with Crippen LogP contribution in [0.1, 0.15) is 30.5 Å². The average molecular weight is 479 g/mol. The third-order valence-corrected chi connectivity index (χ3v) is 6.04. The van der Waals surface area contributed by atoms with E-state index in [1.165, 1.54) is 19.1 Å². The molecule has 0 aliphatic carbocycles. The van der Waals surface area contributed by atoms with Crippen molar-refractivity contribution in [1.82, 2.24) is 10.3 Å². The van der Waals surface area contributed by atoms with Gasteiger partial charge in [-0.1, -0.05) is 6.92 Å². The molecule has 0 unspecified atom stereocenters. The molecule has 0 radical (unpaired) electrons. The quantitative estimate of drug-likeness (QED) is 0.284. The minimum atomic E-state index is -1.21. The van der Waals surface area contributed by atoms with Crippen LogP contribution in [0, 0.1) is 6.92 Å².